The first-order valence-corrected chi connectivity index (χ1v) is 6.59. The highest BCUT2D eigenvalue weighted by Crippen LogP contribution is 2.28. The third-order valence-corrected chi connectivity index (χ3v) is 3.73. The fourth-order valence-corrected chi connectivity index (χ4v) is 2.74. The number of benzene rings is 1. The van der Waals surface area contributed by atoms with Gasteiger partial charge in [-0.2, -0.15) is 0 Å². The number of hydrogen-bond acceptors (Lipinski definition) is 4. The van der Waals surface area contributed by atoms with Gasteiger partial charge in [0.15, 0.2) is 0 Å². The first-order chi connectivity index (χ1) is 8.85. The number of aryl methyl sites for hydroxylation is 1. The fraction of sp³-hybridized carbons (Fsp3) is 0.286. The predicted octanol–water partition coefficient (Wildman–Crippen LogP) is 2.85. The molecular formula is C14H14NO2S. The summed E-state index contributed by atoms with van der Waals surface area (Å²) < 4.78 is 5.01. The van der Waals surface area contributed by atoms with Crippen molar-refractivity contribution >= 4 is 17.6 Å². The maximum atomic E-state index is 10.9. The van der Waals surface area contributed by atoms with Gasteiger partial charge in [-0.15, -0.1) is 11.3 Å². The lowest BCUT2D eigenvalue weighted by Gasteiger charge is -1.96. The molecule has 1 heterocycles. The van der Waals surface area contributed by atoms with Crippen LogP contribution in [0.3, 0.4) is 0 Å². The average Bonchev–Trinajstić information content (AvgIpc) is 2.83. The van der Waals surface area contributed by atoms with Gasteiger partial charge in [0, 0.05) is 24.2 Å². The van der Waals surface area contributed by atoms with Gasteiger partial charge >= 0.3 is 0 Å². The molecule has 0 saturated heterocycles. The van der Waals surface area contributed by atoms with Gasteiger partial charge in [-0.1, -0.05) is 30.3 Å². The highest BCUT2D eigenvalue weighted by Gasteiger charge is 2.12. The summed E-state index contributed by atoms with van der Waals surface area (Å²) in [7, 11) is 1.68. The Kier molecular flexibility index (Phi) is 4.61. The molecule has 0 atom stereocenters. The Morgan fingerprint density at radius 1 is 1.33 bits per heavy atom. The van der Waals surface area contributed by atoms with Crippen LogP contribution >= 0.6 is 11.3 Å². The van der Waals surface area contributed by atoms with Crippen molar-refractivity contribution < 1.29 is 9.53 Å². The monoisotopic (exact) mass is 260 g/mol. The van der Waals surface area contributed by atoms with E-state index in [1.165, 1.54) is 0 Å². The molecule has 3 nitrogen and oxygen atoms in total. The summed E-state index contributed by atoms with van der Waals surface area (Å²) in [6, 6.07) is 9.87. The average molecular weight is 260 g/mol. The van der Waals surface area contributed by atoms with Crippen molar-refractivity contribution in [2.24, 2.45) is 0 Å². The van der Waals surface area contributed by atoms with Gasteiger partial charge in [-0.3, -0.25) is 4.79 Å². The lowest BCUT2D eigenvalue weighted by Crippen LogP contribution is -1.94. The van der Waals surface area contributed by atoms with Crippen molar-refractivity contribution in [1.29, 1.82) is 0 Å². The molecular weight excluding hydrogens is 246 g/mol. The first kappa shape index (κ1) is 12.9. The quantitative estimate of drug-likeness (QED) is 0.750. The van der Waals surface area contributed by atoms with Crippen LogP contribution in [0.4, 0.5) is 0 Å². The Hall–Kier alpha value is -1.52. The van der Waals surface area contributed by atoms with Crippen LogP contribution in [0.15, 0.2) is 30.3 Å². The molecule has 93 valence electrons. The Bertz CT molecular complexity index is 508. The molecule has 1 radical (unpaired) electrons. The zero-order valence-electron chi connectivity index (χ0n) is 10.2. The van der Waals surface area contributed by atoms with Crippen molar-refractivity contribution in [2.45, 2.75) is 12.8 Å². The van der Waals surface area contributed by atoms with Crippen molar-refractivity contribution in [3.8, 4) is 10.6 Å². The van der Waals surface area contributed by atoms with E-state index in [-0.39, 0.29) is 0 Å². The summed E-state index contributed by atoms with van der Waals surface area (Å²) in [5, 5.41) is 0.876. The second-order valence-corrected chi connectivity index (χ2v) is 4.94. The van der Waals surface area contributed by atoms with Gasteiger partial charge in [0.1, 0.15) is 10.7 Å². The predicted molar refractivity (Wildman–Crippen MR) is 72.5 cm³/mol. The normalized spacial score (nSPS) is 10.5. The summed E-state index contributed by atoms with van der Waals surface area (Å²) >= 11 is 1.56. The summed E-state index contributed by atoms with van der Waals surface area (Å²) in [6.45, 7) is 0.691. The van der Waals surface area contributed by atoms with Crippen LogP contribution in [0, 0.1) is 0 Å². The number of ether oxygens (including phenoxy) is 1. The van der Waals surface area contributed by atoms with Crippen molar-refractivity contribution in [3.63, 3.8) is 0 Å². The SMILES string of the molecule is COCCCc1sc(-c2ccccc2)nc1[C]=O. The number of hydrogen-bond donors (Lipinski definition) is 0. The molecule has 0 aliphatic rings. The van der Waals surface area contributed by atoms with E-state index in [1.54, 1.807) is 18.4 Å². The third-order valence-electron chi connectivity index (χ3n) is 2.57. The smallest absolute Gasteiger partial charge is 0.254 e. The lowest BCUT2D eigenvalue weighted by molar-refractivity contribution is 0.195. The zero-order valence-corrected chi connectivity index (χ0v) is 11.0. The van der Waals surface area contributed by atoms with Gasteiger partial charge in [-0.25, -0.2) is 4.98 Å². The van der Waals surface area contributed by atoms with Crippen LogP contribution < -0.4 is 0 Å². The van der Waals surface area contributed by atoms with Crippen LogP contribution in [0.2, 0.25) is 0 Å². The minimum absolute atomic E-state index is 0.440. The molecule has 1 aromatic carbocycles. The van der Waals surface area contributed by atoms with Gasteiger partial charge < -0.3 is 4.74 Å². The molecule has 0 bridgehead atoms. The molecule has 0 unspecified atom stereocenters. The van der Waals surface area contributed by atoms with E-state index >= 15 is 0 Å². The molecule has 18 heavy (non-hydrogen) atoms. The van der Waals surface area contributed by atoms with E-state index in [0.717, 1.165) is 28.3 Å². The van der Waals surface area contributed by atoms with Crippen LogP contribution in [0.25, 0.3) is 10.6 Å². The Morgan fingerprint density at radius 2 is 2.11 bits per heavy atom. The number of methoxy groups -OCH3 is 1. The van der Waals surface area contributed by atoms with Crippen LogP contribution in [-0.2, 0) is 16.0 Å². The third kappa shape index (κ3) is 3.03. The van der Waals surface area contributed by atoms with E-state index < -0.39 is 0 Å². The number of thiazole rings is 1. The van der Waals surface area contributed by atoms with E-state index in [1.807, 2.05) is 36.6 Å². The standard InChI is InChI=1S/C14H14NO2S/c1-17-9-5-8-13-12(10-16)15-14(18-13)11-6-3-2-4-7-11/h2-4,6-7H,5,8-9H2,1H3. The van der Waals surface area contributed by atoms with Crippen LogP contribution in [0.1, 0.15) is 17.0 Å². The maximum Gasteiger partial charge on any atom is 0.254 e. The minimum Gasteiger partial charge on any atom is -0.385 e. The van der Waals surface area contributed by atoms with Gasteiger partial charge in [-0.05, 0) is 12.8 Å². The van der Waals surface area contributed by atoms with E-state index in [4.69, 9.17) is 4.74 Å². The summed E-state index contributed by atoms with van der Waals surface area (Å²) in [5.74, 6) is 0. The molecule has 0 amide bonds. The van der Waals surface area contributed by atoms with Gasteiger partial charge in [0.05, 0.1) is 0 Å². The molecule has 0 spiro atoms. The Labute approximate surface area is 110 Å². The fourth-order valence-electron chi connectivity index (χ4n) is 1.68. The highest BCUT2D eigenvalue weighted by molar-refractivity contribution is 7.15. The number of rotatable bonds is 6. The second-order valence-electron chi connectivity index (χ2n) is 3.86. The summed E-state index contributed by atoms with van der Waals surface area (Å²) in [4.78, 5) is 16.2. The molecule has 0 fully saturated rings. The largest absolute Gasteiger partial charge is 0.385 e. The Morgan fingerprint density at radius 3 is 2.78 bits per heavy atom. The molecule has 0 N–H and O–H groups in total. The Balaban J connectivity index is 2.21. The molecule has 0 saturated carbocycles. The summed E-state index contributed by atoms with van der Waals surface area (Å²) in [6.07, 6.45) is 3.62. The van der Waals surface area contributed by atoms with Crippen LogP contribution in [-0.4, -0.2) is 25.0 Å². The number of nitrogens with zero attached hydrogens (tertiary/aromatic N) is 1. The van der Waals surface area contributed by atoms with E-state index in [0.29, 0.717) is 12.3 Å². The molecule has 2 rings (SSSR count). The van der Waals surface area contributed by atoms with Gasteiger partial charge in [0.25, 0.3) is 6.29 Å². The number of carbonyl (C=O) groups excluding carboxylic acids is 1. The lowest BCUT2D eigenvalue weighted by atomic mass is 10.2. The van der Waals surface area contributed by atoms with Crippen molar-refractivity contribution in [1.82, 2.24) is 4.98 Å². The number of aromatic nitrogens is 1. The second kappa shape index (κ2) is 6.42. The molecule has 0 aliphatic carbocycles. The van der Waals surface area contributed by atoms with Gasteiger partial charge in [0.2, 0.25) is 0 Å². The molecule has 2 aromatic rings. The maximum absolute atomic E-state index is 10.9. The van der Waals surface area contributed by atoms with E-state index in [9.17, 15) is 4.79 Å². The molecule has 0 aliphatic heterocycles. The summed E-state index contributed by atoms with van der Waals surface area (Å²) in [5.41, 5.74) is 1.48. The van der Waals surface area contributed by atoms with Crippen molar-refractivity contribution in [3.05, 3.63) is 40.9 Å². The van der Waals surface area contributed by atoms with E-state index in [2.05, 4.69) is 4.98 Å². The first-order valence-electron chi connectivity index (χ1n) is 5.77. The highest BCUT2D eigenvalue weighted by atomic mass is 32.1. The van der Waals surface area contributed by atoms with Crippen LogP contribution in [0.5, 0.6) is 0 Å². The van der Waals surface area contributed by atoms with Crippen molar-refractivity contribution in [2.75, 3.05) is 13.7 Å². The molecule has 1 aromatic heterocycles. The minimum atomic E-state index is 0.440. The zero-order chi connectivity index (χ0) is 12.8. The molecule has 4 heteroatoms. The topological polar surface area (TPSA) is 39.2 Å².